The van der Waals surface area contributed by atoms with Crippen LogP contribution >= 0.6 is 11.6 Å². The molecule has 17 heavy (non-hydrogen) atoms. The zero-order valence-corrected chi connectivity index (χ0v) is 9.72. The number of aldehydes is 1. The largest absolute Gasteiger partial charge is 0.396 e. The summed E-state index contributed by atoms with van der Waals surface area (Å²) in [4.78, 5) is 28.1. The molecule has 1 amide bonds. The average Bonchev–Trinajstić information content (AvgIpc) is 2.70. The van der Waals surface area contributed by atoms with Gasteiger partial charge in [0.1, 0.15) is 5.82 Å². The summed E-state index contributed by atoms with van der Waals surface area (Å²) in [6, 6.07) is 1.50. The van der Waals surface area contributed by atoms with Crippen LogP contribution < -0.4 is 4.90 Å². The van der Waals surface area contributed by atoms with Gasteiger partial charge in [0.15, 0.2) is 6.29 Å². The van der Waals surface area contributed by atoms with Gasteiger partial charge in [-0.1, -0.05) is 11.6 Å². The normalized spacial score (nSPS) is 19.8. The second kappa shape index (κ2) is 4.81. The van der Waals surface area contributed by atoms with Crippen molar-refractivity contribution >= 4 is 29.6 Å². The minimum absolute atomic E-state index is 0.0563. The lowest BCUT2D eigenvalue weighted by molar-refractivity contribution is -0.117. The molecular formula is C11H11ClN2O3. The second-order valence-corrected chi connectivity index (χ2v) is 4.31. The molecular weight excluding hydrogens is 244 g/mol. The summed E-state index contributed by atoms with van der Waals surface area (Å²) in [7, 11) is 0. The van der Waals surface area contributed by atoms with E-state index in [1.54, 1.807) is 0 Å². The van der Waals surface area contributed by atoms with E-state index in [-0.39, 0.29) is 41.3 Å². The molecule has 0 saturated carbocycles. The minimum atomic E-state index is -0.151. The molecule has 1 aliphatic rings. The lowest BCUT2D eigenvalue weighted by Crippen LogP contribution is -2.27. The quantitative estimate of drug-likeness (QED) is 0.814. The van der Waals surface area contributed by atoms with Crippen LogP contribution in [0.1, 0.15) is 16.8 Å². The first-order valence-electron chi connectivity index (χ1n) is 5.18. The highest BCUT2D eigenvalue weighted by Gasteiger charge is 2.32. The lowest BCUT2D eigenvalue weighted by Gasteiger charge is -2.17. The Balaban J connectivity index is 2.38. The third-order valence-electron chi connectivity index (χ3n) is 2.75. The Morgan fingerprint density at radius 1 is 1.65 bits per heavy atom. The fourth-order valence-corrected chi connectivity index (χ4v) is 2.06. The summed E-state index contributed by atoms with van der Waals surface area (Å²) >= 11 is 5.87. The lowest BCUT2D eigenvalue weighted by atomic mass is 10.1. The van der Waals surface area contributed by atoms with Gasteiger partial charge in [0.05, 0.1) is 10.6 Å². The number of carbonyl (C=O) groups is 2. The Morgan fingerprint density at radius 2 is 2.41 bits per heavy atom. The van der Waals surface area contributed by atoms with Crippen molar-refractivity contribution in [2.24, 2.45) is 5.92 Å². The van der Waals surface area contributed by atoms with E-state index in [9.17, 15) is 9.59 Å². The van der Waals surface area contributed by atoms with Crippen LogP contribution in [0, 0.1) is 5.92 Å². The molecule has 0 bridgehead atoms. The van der Waals surface area contributed by atoms with Crippen LogP contribution in [0.5, 0.6) is 0 Å². The van der Waals surface area contributed by atoms with E-state index in [4.69, 9.17) is 16.7 Å². The molecule has 1 atom stereocenters. The zero-order valence-electron chi connectivity index (χ0n) is 8.97. The van der Waals surface area contributed by atoms with Crippen molar-refractivity contribution in [3.05, 3.63) is 22.8 Å². The smallest absolute Gasteiger partial charge is 0.228 e. The molecule has 1 saturated heterocycles. The van der Waals surface area contributed by atoms with Gasteiger partial charge in [0.2, 0.25) is 5.91 Å². The molecule has 6 heteroatoms. The highest BCUT2D eigenvalue weighted by Crippen LogP contribution is 2.28. The van der Waals surface area contributed by atoms with Gasteiger partial charge >= 0.3 is 0 Å². The number of hydrogen-bond acceptors (Lipinski definition) is 4. The fourth-order valence-electron chi connectivity index (χ4n) is 1.87. The van der Waals surface area contributed by atoms with E-state index in [1.807, 2.05) is 0 Å². The molecule has 0 spiro atoms. The molecule has 0 aromatic carbocycles. The molecule has 1 aromatic rings. The Labute approximate surface area is 103 Å². The number of nitrogens with zero attached hydrogens (tertiary/aromatic N) is 2. The van der Waals surface area contributed by atoms with Crippen LogP contribution in [-0.2, 0) is 4.79 Å². The molecule has 1 N–H and O–H groups in total. The van der Waals surface area contributed by atoms with Crippen molar-refractivity contribution in [2.45, 2.75) is 6.42 Å². The van der Waals surface area contributed by atoms with Gasteiger partial charge in [0.25, 0.3) is 0 Å². The molecule has 0 aliphatic carbocycles. The number of aromatic nitrogens is 1. The van der Waals surface area contributed by atoms with Crippen LogP contribution in [0.25, 0.3) is 0 Å². The monoisotopic (exact) mass is 254 g/mol. The number of carbonyl (C=O) groups excluding carboxylic acids is 2. The summed E-state index contributed by atoms with van der Waals surface area (Å²) in [6.07, 6.45) is 2.30. The van der Waals surface area contributed by atoms with E-state index in [0.717, 1.165) is 0 Å². The minimum Gasteiger partial charge on any atom is -0.396 e. The first-order valence-corrected chi connectivity index (χ1v) is 5.56. The van der Waals surface area contributed by atoms with E-state index >= 15 is 0 Å². The van der Waals surface area contributed by atoms with Crippen molar-refractivity contribution in [2.75, 3.05) is 18.1 Å². The van der Waals surface area contributed by atoms with Gasteiger partial charge in [-0.15, -0.1) is 0 Å². The van der Waals surface area contributed by atoms with E-state index in [0.29, 0.717) is 12.8 Å². The van der Waals surface area contributed by atoms with Crippen molar-refractivity contribution in [1.82, 2.24) is 4.98 Å². The number of anilines is 1. The first-order chi connectivity index (χ1) is 8.17. The van der Waals surface area contributed by atoms with Crippen LogP contribution in [0.2, 0.25) is 5.02 Å². The van der Waals surface area contributed by atoms with Gasteiger partial charge < -0.3 is 5.11 Å². The molecule has 1 fully saturated rings. The van der Waals surface area contributed by atoms with Gasteiger partial charge in [-0.25, -0.2) is 4.98 Å². The van der Waals surface area contributed by atoms with Gasteiger partial charge in [-0.2, -0.15) is 0 Å². The Hall–Kier alpha value is -1.46. The maximum absolute atomic E-state index is 11.7. The summed E-state index contributed by atoms with van der Waals surface area (Å²) in [5, 5.41) is 9.30. The van der Waals surface area contributed by atoms with Crippen molar-refractivity contribution in [3.63, 3.8) is 0 Å². The summed E-state index contributed by atoms with van der Waals surface area (Å²) in [5.41, 5.74) is 0.209. The zero-order chi connectivity index (χ0) is 12.4. The number of rotatable bonds is 3. The third-order valence-corrected chi connectivity index (χ3v) is 3.08. The second-order valence-electron chi connectivity index (χ2n) is 3.90. The fraction of sp³-hybridized carbons (Fsp3) is 0.364. The van der Waals surface area contributed by atoms with Gasteiger partial charge in [-0.05, 0) is 6.07 Å². The number of pyridine rings is 1. The first kappa shape index (κ1) is 12.0. The average molecular weight is 255 g/mol. The number of aliphatic hydroxyl groups excluding tert-OH is 1. The standard InChI is InChI=1S/C11H11ClN2O3/c12-9-1-2-13-11(8(9)6-16)14-4-7(5-15)3-10(14)17/h1-2,6-7,15H,3-5H2. The topological polar surface area (TPSA) is 70.5 Å². The third kappa shape index (κ3) is 2.16. The molecule has 2 heterocycles. The number of halogens is 1. The summed E-state index contributed by atoms with van der Waals surface area (Å²) < 4.78 is 0. The van der Waals surface area contributed by atoms with Crippen LogP contribution in [0.4, 0.5) is 5.82 Å². The number of amides is 1. The highest BCUT2D eigenvalue weighted by atomic mass is 35.5. The Morgan fingerprint density at radius 3 is 3.00 bits per heavy atom. The maximum atomic E-state index is 11.7. The van der Waals surface area contributed by atoms with Gasteiger partial charge in [0, 0.05) is 31.7 Å². The van der Waals surface area contributed by atoms with Crippen molar-refractivity contribution < 1.29 is 14.7 Å². The molecule has 90 valence electrons. The van der Waals surface area contributed by atoms with E-state index < -0.39 is 0 Å². The Bertz CT molecular complexity index is 464. The van der Waals surface area contributed by atoms with E-state index in [2.05, 4.69) is 4.98 Å². The number of hydrogen-bond donors (Lipinski definition) is 1. The van der Waals surface area contributed by atoms with Gasteiger partial charge in [-0.3, -0.25) is 14.5 Å². The predicted octanol–water partition coefficient (Wildman–Crippen LogP) is 0.893. The molecule has 1 aromatic heterocycles. The SMILES string of the molecule is O=Cc1c(Cl)ccnc1N1CC(CO)CC1=O. The molecule has 1 unspecified atom stereocenters. The molecule has 1 aliphatic heterocycles. The van der Waals surface area contributed by atoms with Crippen LogP contribution in [0.15, 0.2) is 12.3 Å². The van der Waals surface area contributed by atoms with Crippen molar-refractivity contribution in [1.29, 1.82) is 0 Å². The molecule has 5 nitrogen and oxygen atoms in total. The molecule has 0 radical (unpaired) electrons. The molecule has 2 rings (SSSR count). The highest BCUT2D eigenvalue weighted by molar-refractivity contribution is 6.33. The van der Waals surface area contributed by atoms with Crippen molar-refractivity contribution in [3.8, 4) is 0 Å². The van der Waals surface area contributed by atoms with E-state index in [1.165, 1.54) is 17.2 Å². The van der Waals surface area contributed by atoms with Crippen LogP contribution in [0.3, 0.4) is 0 Å². The van der Waals surface area contributed by atoms with Crippen LogP contribution in [-0.4, -0.2) is 35.4 Å². The summed E-state index contributed by atoms with van der Waals surface area (Å²) in [6.45, 7) is 0.308. The maximum Gasteiger partial charge on any atom is 0.228 e. The predicted molar refractivity (Wildman–Crippen MR) is 62.2 cm³/mol. The Kier molecular flexibility index (Phi) is 3.40. The summed E-state index contributed by atoms with van der Waals surface area (Å²) in [5.74, 6) is 0.0122. The number of aliphatic hydroxyl groups is 1.